The van der Waals surface area contributed by atoms with E-state index in [4.69, 9.17) is 5.21 Å². The highest BCUT2D eigenvalue weighted by Crippen LogP contribution is 1.99. The third-order valence-corrected chi connectivity index (χ3v) is 1.34. The third-order valence-electron chi connectivity index (χ3n) is 1.34. The first-order valence-corrected chi connectivity index (χ1v) is 4.08. The van der Waals surface area contributed by atoms with Crippen LogP contribution in [0, 0.1) is 0 Å². The zero-order valence-electron chi connectivity index (χ0n) is 7.78. The first-order valence-electron chi connectivity index (χ1n) is 4.08. The molecule has 0 radical (unpaired) electrons. The predicted octanol–water partition coefficient (Wildman–Crippen LogP) is 2.91. The van der Waals surface area contributed by atoms with E-state index in [1.54, 1.807) is 6.92 Å². The van der Waals surface area contributed by atoms with Gasteiger partial charge >= 0.3 is 0 Å². The minimum atomic E-state index is 0.639. The van der Waals surface area contributed by atoms with Gasteiger partial charge in [-0.15, -0.1) is 0 Å². The Morgan fingerprint density at radius 3 is 2.08 bits per heavy atom. The van der Waals surface area contributed by atoms with Crippen LogP contribution in [0.2, 0.25) is 0 Å². The number of nitrogens with zero attached hydrogens (tertiary/aromatic N) is 1. The van der Waals surface area contributed by atoms with E-state index < -0.39 is 0 Å². The van der Waals surface area contributed by atoms with E-state index in [9.17, 15) is 0 Å². The Morgan fingerprint density at radius 2 is 1.67 bits per heavy atom. The Morgan fingerprint density at radius 1 is 1.17 bits per heavy atom. The molecule has 0 saturated heterocycles. The summed E-state index contributed by atoms with van der Waals surface area (Å²) in [6, 6.07) is 9.53. The van der Waals surface area contributed by atoms with Gasteiger partial charge in [-0.05, 0) is 12.5 Å². The molecule has 66 valence electrons. The third kappa shape index (κ3) is 3.19. The highest BCUT2D eigenvalue weighted by molar-refractivity contribution is 5.98. The molecular formula is C10H15NO. The number of rotatable bonds is 1. The van der Waals surface area contributed by atoms with Crippen molar-refractivity contribution >= 4 is 5.71 Å². The molecule has 2 nitrogen and oxygen atoms in total. The minimum Gasteiger partial charge on any atom is -0.411 e. The van der Waals surface area contributed by atoms with Crippen LogP contribution in [0.3, 0.4) is 0 Å². The van der Waals surface area contributed by atoms with Crippen LogP contribution in [-0.2, 0) is 0 Å². The lowest BCUT2D eigenvalue weighted by atomic mass is 10.1. The Kier molecular flexibility index (Phi) is 5.70. The summed E-state index contributed by atoms with van der Waals surface area (Å²) in [7, 11) is 0. The summed E-state index contributed by atoms with van der Waals surface area (Å²) in [6.07, 6.45) is 0. The van der Waals surface area contributed by atoms with Crippen molar-refractivity contribution in [3.63, 3.8) is 0 Å². The molecule has 1 aromatic carbocycles. The van der Waals surface area contributed by atoms with Crippen molar-refractivity contribution in [3.8, 4) is 0 Å². The Labute approximate surface area is 73.5 Å². The summed E-state index contributed by atoms with van der Waals surface area (Å²) in [5, 5.41) is 11.5. The van der Waals surface area contributed by atoms with Crippen LogP contribution in [-0.4, -0.2) is 10.9 Å². The average Bonchev–Trinajstić information content (AvgIpc) is 2.21. The number of oxime groups is 1. The van der Waals surface area contributed by atoms with Crippen LogP contribution in [0.1, 0.15) is 26.3 Å². The van der Waals surface area contributed by atoms with Gasteiger partial charge in [0.1, 0.15) is 0 Å². The van der Waals surface area contributed by atoms with E-state index in [0.29, 0.717) is 5.71 Å². The second-order valence-corrected chi connectivity index (χ2v) is 2.05. The van der Waals surface area contributed by atoms with Crippen molar-refractivity contribution in [3.05, 3.63) is 35.9 Å². The molecule has 0 heterocycles. The number of hydrogen-bond acceptors (Lipinski definition) is 2. The van der Waals surface area contributed by atoms with Gasteiger partial charge in [0.25, 0.3) is 0 Å². The first kappa shape index (κ1) is 10.7. The second kappa shape index (κ2) is 6.40. The van der Waals surface area contributed by atoms with Crippen LogP contribution < -0.4 is 0 Å². The SMILES string of the molecule is CC.CC(=NO)c1ccccc1. The van der Waals surface area contributed by atoms with Gasteiger partial charge in [-0.25, -0.2) is 0 Å². The van der Waals surface area contributed by atoms with Crippen molar-refractivity contribution in [1.29, 1.82) is 0 Å². The molecule has 1 aromatic rings. The van der Waals surface area contributed by atoms with Gasteiger partial charge in [-0.1, -0.05) is 49.3 Å². The van der Waals surface area contributed by atoms with E-state index in [-0.39, 0.29) is 0 Å². The van der Waals surface area contributed by atoms with Crippen LogP contribution in [0.15, 0.2) is 35.5 Å². The molecular weight excluding hydrogens is 150 g/mol. The van der Waals surface area contributed by atoms with Crippen molar-refractivity contribution in [2.75, 3.05) is 0 Å². The Balaban J connectivity index is 0.000000561. The van der Waals surface area contributed by atoms with Gasteiger partial charge in [-0.2, -0.15) is 0 Å². The fourth-order valence-electron chi connectivity index (χ4n) is 0.737. The van der Waals surface area contributed by atoms with Crippen LogP contribution in [0.25, 0.3) is 0 Å². The zero-order chi connectivity index (χ0) is 9.40. The standard InChI is InChI=1S/C8H9NO.C2H6/c1-7(9-10)8-5-3-2-4-6-8;1-2/h2-6,10H,1H3;1-2H3. The summed E-state index contributed by atoms with van der Waals surface area (Å²) in [6.45, 7) is 5.76. The van der Waals surface area contributed by atoms with E-state index in [1.165, 1.54) is 0 Å². The fourth-order valence-corrected chi connectivity index (χ4v) is 0.737. The maximum Gasteiger partial charge on any atom is 0.0836 e. The van der Waals surface area contributed by atoms with E-state index in [1.807, 2.05) is 44.2 Å². The molecule has 1 rings (SSSR count). The first-order chi connectivity index (χ1) is 5.84. The van der Waals surface area contributed by atoms with Crippen molar-refractivity contribution in [1.82, 2.24) is 0 Å². The second-order valence-electron chi connectivity index (χ2n) is 2.05. The number of hydrogen-bond donors (Lipinski definition) is 1. The molecule has 0 amide bonds. The lowest BCUT2D eigenvalue weighted by Crippen LogP contribution is -1.92. The summed E-state index contributed by atoms with van der Waals surface area (Å²) < 4.78 is 0. The van der Waals surface area contributed by atoms with Crippen LogP contribution in [0.5, 0.6) is 0 Å². The highest BCUT2D eigenvalue weighted by Gasteiger charge is 1.92. The quantitative estimate of drug-likeness (QED) is 0.387. The Bertz CT molecular complexity index is 229. The molecule has 0 aromatic heterocycles. The van der Waals surface area contributed by atoms with E-state index in [2.05, 4.69) is 5.16 Å². The summed E-state index contributed by atoms with van der Waals surface area (Å²) >= 11 is 0. The molecule has 0 saturated carbocycles. The normalized spacial score (nSPS) is 10.1. The largest absolute Gasteiger partial charge is 0.411 e. The lowest BCUT2D eigenvalue weighted by molar-refractivity contribution is 0.319. The molecule has 0 fully saturated rings. The van der Waals surface area contributed by atoms with Crippen molar-refractivity contribution in [2.45, 2.75) is 20.8 Å². The van der Waals surface area contributed by atoms with Gasteiger partial charge in [0.05, 0.1) is 5.71 Å². The molecule has 0 unspecified atom stereocenters. The maximum atomic E-state index is 8.38. The molecule has 0 atom stereocenters. The monoisotopic (exact) mass is 165 g/mol. The van der Waals surface area contributed by atoms with Gasteiger partial charge in [0.15, 0.2) is 0 Å². The maximum absolute atomic E-state index is 8.38. The smallest absolute Gasteiger partial charge is 0.0836 e. The minimum absolute atomic E-state index is 0.639. The fraction of sp³-hybridized carbons (Fsp3) is 0.300. The topological polar surface area (TPSA) is 32.6 Å². The number of benzene rings is 1. The molecule has 0 aliphatic rings. The molecule has 0 bridgehead atoms. The van der Waals surface area contributed by atoms with Gasteiger partial charge < -0.3 is 5.21 Å². The van der Waals surface area contributed by atoms with Crippen LogP contribution in [0.4, 0.5) is 0 Å². The van der Waals surface area contributed by atoms with Gasteiger partial charge in [-0.3, -0.25) is 0 Å². The molecule has 12 heavy (non-hydrogen) atoms. The summed E-state index contributed by atoms with van der Waals surface area (Å²) in [5.41, 5.74) is 1.59. The molecule has 2 heteroatoms. The van der Waals surface area contributed by atoms with Crippen molar-refractivity contribution in [2.24, 2.45) is 5.16 Å². The molecule has 0 spiro atoms. The zero-order valence-corrected chi connectivity index (χ0v) is 7.78. The molecule has 1 N–H and O–H groups in total. The Hall–Kier alpha value is -1.31. The van der Waals surface area contributed by atoms with Gasteiger partial charge in [0, 0.05) is 0 Å². The molecule has 0 aliphatic carbocycles. The van der Waals surface area contributed by atoms with Crippen LogP contribution >= 0.6 is 0 Å². The summed E-state index contributed by atoms with van der Waals surface area (Å²) in [4.78, 5) is 0. The van der Waals surface area contributed by atoms with Crippen molar-refractivity contribution < 1.29 is 5.21 Å². The molecule has 0 aliphatic heterocycles. The van der Waals surface area contributed by atoms with E-state index in [0.717, 1.165) is 5.56 Å². The lowest BCUT2D eigenvalue weighted by Gasteiger charge is -1.94. The predicted molar refractivity (Wildman–Crippen MR) is 51.8 cm³/mol. The highest BCUT2D eigenvalue weighted by atomic mass is 16.4. The summed E-state index contributed by atoms with van der Waals surface area (Å²) in [5.74, 6) is 0. The van der Waals surface area contributed by atoms with Gasteiger partial charge in [0.2, 0.25) is 0 Å². The van der Waals surface area contributed by atoms with E-state index >= 15 is 0 Å². The average molecular weight is 165 g/mol.